The Bertz CT molecular complexity index is 733. The third-order valence-electron chi connectivity index (χ3n) is 4.74. The van der Waals surface area contributed by atoms with Crippen LogP contribution in [0.25, 0.3) is 0 Å². The predicted octanol–water partition coefficient (Wildman–Crippen LogP) is 1.23. The average molecular weight is 376 g/mol. The molecular weight excluding hydrogens is 352 g/mol. The molecular formula is C19H24N2O6. The maximum absolute atomic E-state index is 13.1. The highest BCUT2D eigenvalue weighted by atomic mass is 16.5. The summed E-state index contributed by atoms with van der Waals surface area (Å²) < 4.78 is 4.56. The molecule has 0 bridgehead atoms. The molecule has 1 aliphatic rings. The fraction of sp³-hybridized carbons (Fsp3) is 0.474. The maximum Gasteiger partial charge on any atom is 0.407 e. The van der Waals surface area contributed by atoms with Gasteiger partial charge in [-0.15, -0.1) is 0 Å². The molecule has 0 radical (unpaired) electrons. The van der Waals surface area contributed by atoms with Crippen molar-refractivity contribution in [3.63, 3.8) is 0 Å². The van der Waals surface area contributed by atoms with Gasteiger partial charge in [-0.3, -0.25) is 9.59 Å². The number of carboxylic acid groups (broad SMARTS) is 1. The SMILES string of the molecule is COC(=O)NC(C(=O)N1CC(=O)CC1(Cc1ccccc1)C(=O)O)C(C)C. The molecule has 27 heavy (non-hydrogen) atoms. The van der Waals surface area contributed by atoms with E-state index in [1.54, 1.807) is 44.2 Å². The number of likely N-dealkylation sites (tertiary alicyclic amines) is 1. The van der Waals surface area contributed by atoms with Crippen molar-refractivity contribution in [1.29, 1.82) is 0 Å². The summed E-state index contributed by atoms with van der Waals surface area (Å²) in [5.74, 6) is -2.51. The van der Waals surface area contributed by atoms with E-state index in [1.807, 2.05) is 0 Å². The van der Waals surface area contributed by atoms with Gasteiger partial charge in [0.05, 0.1) is 13.7 Å². The predicted molar refractivity (Wildman–Crippen MR) is 96.0 cm³/mol. The molecule has 0 aliphatic carbocycles. The second kappa shape index (κ2) is 8.20. The first kappa shape index (κ1) is 20.4. The zero-order valence-corrected chi connectivity index (χ0v) is 15.6. The fourth-order valence-corrected chi connectivity index (χ4v) is 3.32. The number of ether oxygens (including phenoxy) is 1. The zero-order valence-electron chi connectivity index (χ0n) is 15.6. The minimum Gasteiger partial charge on any atom is -0.479 e. The van der Waals surface area contributed by atoms with Crippen LogP contribution in [0.15, 0.2) is 30.3 Å². The lowest BCUT2D eigenvalue weighted by atomic mass is 9.87. The van der Waals surface area contributed by atoms with Gasteiger partial charge in [0, 0.05) is 12.8 Å². The molecule has 2 atom stereocenters. The Balaban J connectivity index is 2.40. The Morgan fingerprint density at radius 1 is 1.26 bits per heavy atom. The number of rotatable bonds is 6. The highest BCUT2D eigenvalue weighted by Crippen LogP contribution is 2.33. The van der Waals surface area contributed by atoms with E-state index in [0.29, 0.717) is 5.56 Å². The Morgan fingerprint density at radius 3 is 2.41 bits per heavy atom. The Morgan fingerprint density at radius 2 is 1.89 bits per heavy atom. The number of benzene rings is 1. The molecule has 1 aromatic rings. The number of aliphatic carboxylic acids is 1. The van der Waals surface area contributed by atoms with Crippen molar-refractivity contribution in [2.24, 2.45) is 5.92 Å². The smallest absolute Gasteiger partial charge is 0.407 e. The van der Waals surface area contributed by atoms with Gasteiger partial charge in [0.1, 0.15) is 6.04 Å². The van der Waals surface area contributed by atoms with E-state index in [-0.39, 0.29) is 31.1 Å². The number of hydrogen-bond acceptors (Lipinski definition) is 5. The van der Waals surface area contributed by atoms with Gasteiger partial charge in [-0.05, 0) is 11.5 Å². The summed E-state index contributed by atoms with van der Waals surface area (Å²) >= 11 is 0. The Kier molecular flexibility index (Phi) is 6.20. The number of methoxy groups -OCH3 is 1. The minimum atomic E-state index is -1.68. The van der Waals surface area contributed by atoms with Crippen LogP contribution in [0.2, 0.25) is 0 Å². The number of nitrogens with one attached hydrogen (secondary N) is 1. The van der Waals surface area contributed by atoms with Crippen molar-refractivity contribution in [3.05, 3.63) is 35.9 Å². The largest absolute Gasteiger partial charge is 0.479 e. The molecule has 2 rings (SSSR count). The molecule has 0 saturated carbocycles. The minimum absolute atomic E-state index is 0.00366. The molecule has 2 N–H and O–H groups in total. The first-order valence-electron chi connectivity index (χ1n) is 8.66. The zero-order chi connectivity index (χ0) is 20.2. The van der Waals surface area contributed by atoms with E-state index < -0.39 is 29.6 Å². The number of carbonyl (C=O) groups is 4. The molecule has 2 amide bonds. The number of carbonyl (C=O) groups excluding carboxylic acids is 3. The van der Waals surface area contributed by atoms with E-state index in [4.69, 9.17) is 0 Å². The van der Waals surface area contributed by atoms with Crippen molar-refractivity contribution >= 4 is 23.8 Å². The van der Waals surface area contributed by atoms with Gasteiger partial charge >= 0.3 is 12.1 Å². The van der Waals surface area contributed by atoms with Gasteiger partial charge < -0.3 is 20.1 Å². The molecule has 1 saturated heterocycles. The van der Waals surface area contributed by atoms with Gasteiger partial charge in [-0.25, -0.2) is 9.59 Å². The number of Topliss-reactive ketones (excluding diaryl/α,β-unsaturated/α-hetero) is 1. The van der Waals surface area contributed by atoms with E-state index >= 15 is 0 Å². The van der Waals surface area contributed by atoms with E-state index in [2.05, 4.69) is 10.1 Å². The maximum atomic E-state index is 13.1. The molecule has 0 spiro atoms. The van der Waals surface area contributed by atoms with Crippen LogP contribution in [0.3, 0.4) is 0 Å². The standard InChI is InChI=1S/C19H24N2O6/c1-12(2)15(20-18(26)27-3)16(23)21-11-14(22)10-19(21,17(24)25)9-13-7-5-4-6-8-13/h4-8,12,15H,9-11H2,1-3H3,(H,20,26)(H,24,25). The average Bonchev–Trinajstić information content (AvgIpc) is 2.96. The van der Waals surface area contributed by atoms with Crippen molar-refractivity contribution in [2.45, 2.75) is 38.3 Å². The summed E-state index contributed by atoms with van der Waals surface area (Å²) in [6.45, 7) is 3.14. The lowest BCUT2D eigenvalue weighted by molar-refractivity contribution is -0.157. The van der Waals surface area contributed by atoms with Crippen LogP contribution in [0.1, 0.15) is 25.8 Å². The molecule has 1 fully saturated rings. The normalized spacial score (nSPS) is 20.4. The summed E-state index contributed by atoms with van der Waals surface area (Å²) in [6, 6.07) is 7.84. The monoisotopic (exact) mass is 376 g/mol. The third-order valence-corrected chi connectivity index (χ3v) is 4.74. The number of nitrogens with zero attached hydrogens (tertiary/aromatic N) is 1. The van der Waals surface area contributed by atoms with Crippen molar-refractivity contribution in [3.8, 4) is 0 Å². The highest BCUT2D eigenvalue weighted by Gasteiger charge is 2.54. The van der Waals surface area contributed by atoms with Crippen LogP contribution in [-0.2, 0) is 25.5 Å². The van der Waals surface area contributed by atoms with Crippen LogP contribution in [0.4, 0.5) is 4.79 Å². The number of ketones is 1. The molecule has 1 aromatic carbocycles. The Labute approximate surface area is 157 Å². The summed E-state index contributed by atoms with van der Waals surface area (Å²) in [6.07, 6.45) is -1.06. The molecule has 0 aromatic heterocycles. The van der Waals surface area contributed by atoms with E-state index in [9.17, 15) is 24.3 Å². The molecule has 8 heteroatoms. The van der Waals surface area contributed by atoms with Crippen molar-refractivity contribution in [2.75, 3.05) is 13.7 Å². The second-order valence-electron chi connectivity index (χ2n) is 7.00. The van der Waals surface area contributed by atoms with Crippen LogP contribution >= 0.6 is 0 Å². The highest BCUT2D eigenvalue weighted by molar-refractivity contribution is 6.01. The number of carboxylic acids is 1. The van der Waals surface area contributed by atoms with Crippen molar-refractivity contribution in [1.82, 2.24) is 10.2 Å². The fourth-order valence-electron chi connectivity index (χ4n) is 3.32. The van der Waals surface area contributed by atoms with Gasteiger partial charge in [-0.1, -0.05) is 44.2 Å². The molecule has 8 nitrogen and oxygen atoms in total. The number of alkyl carbamates (subject to hydrolysis) is 1. The van der Waals surface area contributed by atoms with Crippen LogP contribution in [0, 0.1) is 5.92 Å². The quantitative estimate of drug-likeness (QED) is 0.772. The molecule has 1 heterocycles. The first-order valence-corrected chi connectivity index (χ1v) is 8.66. The summed E-state index contributed by atoms with van der Waals surface area (Å²) in [4.78, 5) is 50.2. The van der Waals surface area contributed by atoms with Crippen LogP contribution < -0.4 is 5.32 Å². The topological polar surface area (TPSA) is 113 Å². The van der Waals surface area contributed by atoms with E-state index in [1.165, 1.54) is 7.11 Å². The summed E-state index contributed by atoms with van der Waals surface area (Å²) in [7, 11) is 1.17. The van der Waals surface area contributed by atoms with Gasteiger partial charge in [0.15, 0.2) is 11.3 Å². The van der Waals surface area contributed by atoms with Gasteiger partial charge in [0.2, 0.25) is 5.91 Å². The third kappa shape index (κ3) is 4.27. The first-order chi connectivity index (χ1) is 12.7. The van der Waals surface area contributed by atoms with Crippen molar-refractivity contribution < 1.29 is 29.0 Å². The number of amides is 2. The lowest BCUT2D eigenvalue weighted by Gasteiger charge is -2.37. The molecule has 1 aliphatic heterocycles. The van der Waals surface area contributed by atoms with E-state index in [0.717, 1.165) is 4.90 Å². The molecule has 146 valence electrons. The van der Waals surface area contributed by atoms with Crippen LogP contribution in [-0.4, -0.2) is 59.0 Å². The van der Waals surface area contributed by atoms with Gasteiger partial charge in [0.25, 0.3) is 0 Å². The van der Waals surface area contributed by atoms with Gasteiger partial charge in [-0.2, -0.15) is 0 Å². The lowest BCUT2D eigenvalue weighted by Crippen LogP contribution is -2.60. The van der Waals surface area contributed by atoms with Crippen LogP contribution in [0.5, 0.6) is 0 Å². The number of hydrogen-bond donors (Lipinski definition) is 2. The Hall–Kier alpha value is -2.90. The summed E-state index contributed by atoms with van der Waals surface area (Å²) in [5, 5.41) is 12.4. The second-order valence-corrected chi connectivity index (χ2v) is 7.00. The molecule has 2 unspecified atom stereocenters. The summed E-state index contributed by atoms with van der Waals surface area (Å²) in [5.41, 5.74) is -0.977.